The summed E-state index contributed by atoms with van der Waals surface area (Å²) in [4.78, 5) is 25.0. The molecular formula is C18H14BrFO4. The summed E-state index contributed by atoms with van der Waals surface area (Å²) in [5.74, 6) is -1.94. The van der Waals surface area contributed by atoms with Gasteiger partial charge in [-0.3, -0.25) is 4.79 Å². The van der Waals surface area contributed by atoms with Crippen LogP contribution in [-0.4, -0.2) is 24.0 Å². The summed E-state index contributed by atoms with van der Waals surface area (Å²) in [7, 11) is 0. The molecule has 6 heteroatoms. The highest BCUT2D eigenvalue weighted by Gasteiger charge is 2.60. The van der Waals surface area contributed by atoms with Crippen LogP contribution >= 0.6 is 15.9 Å². The molecule has 24 heavy (non-hydrogen) atoms. The maximum atomic E-state index is 15.7. The van der Waals surface area contributed by atoms with Gasteiger partial charge in [0.15, 0.2) is 6.10 Å². The third kappa shape index (κ3) is 2.60. The van der Waals surface area contributed by atoms with E-state index < -0.39 is 23.5 Å². The monoisotopic (exact) mass is 392 g/mol. The number of benzene rings is 2. The van der Waals surface area contributed by atoms with Crippen molar-refractivity contribution in [3.05, 3.63) is 64.1 Å². The zero-order chi connectivity index (χ0) is 17.3. The molecule has 1 aliphatic heterocycles. The van der Waals surface area contributed by atoms with E-state index in [9.17, 15) is 9.59 Å². The lowest BCUT2D eigenvalue weighted by atomic mass is 9.83. The first-order valence-electron chi connectivity index (χ1n) is 7.40. The van der Waals surface area contributed by atoms with Crippen molar-refractivity contribution in [3.8, 4) is 5.75 Å². The topological polar surface area (TPSA) is 52.6 Å². The number of alkyl halides is 1. The molecule has 0 fully saturated rings. The summed E-state index contributed by atoms with van der Waals surface area (Å²) in [6, 6.07) is 12.9. The standard InChI is InChI=1S/C18H14BrFO4/c1-2-23-17(22)18(20)15(21)13-5-3-4-6-14(13)24-16(18)11-7-9-12(19)10-8-11/h3-10,16H,2H2,1H3/t16-,18+/m1/s1. The van der Waals surface area contributed by atoms with Crippen LogP contribution in [0.4, 0.5) is 4.39 Å². The van der Waals surface area contributed by atoms with E-state index in [4.69, 9.17) is 9.47 Å². The molecule has 0 bridgehead atoms. The normalized spacial score (nSPS) is 22.5. The SMILES string of the molecule is CCOC(=O)[C@]1(F)C(=O)c2ccccc2O[C@@H]1c1ccc(Br)cc1. The lowest BCUT2D eigenvalue weighted by molar-refractivity contribution is -0.160. The summed E-state index contributed by atoms with van der Waals surface area (Å²) in [6.07, 6.45) is -1.41. The van der Waals surface area contributed by atoms with Crippen molar-refractivity contribution in [1.29, 1.82) is 0 Å². The molecule has 0 unspecified atom stereocenters. The largest absolute Gasteiger partial charge is 0.480 e. The highest BCUT2D eigenvalue weighted by atomic mass is 79.9. The van der Waals surface area contributed by atoms with Gasteiger partial charge in [-0.1, -0.05) is 40.2 Å². The van der Waals surface area contributed by atoms with Gasteiger partial charge in [0, 0.05) is 4.47 Å². The maximum Gasteiger partial charge on any atom is 0.356 e. The minimum atomic E-state index is -2.93. The lowest BCUT2D eigenvalue weighted by Crippen LogP contribution is -2.53. The molecule has 0 aromatic heterocycles. The summed E-state index contributed by atoms with van der Waals surface area (Å²) in [6.45, 7) is 1.52. The van der Waals surface area contributed by atoms with Crippen molar-refractivity contribution < 1.29 is 23.5 Å². The fourth-order valence-corrected chi connectivity index (χ4v) is 2.92. The second kappa shape index (κ2) is 6.36. The average molecular weight is 393 g/mol. The van der Waals surface area contributed by atoms with Crippen LogP contribution in [0.25, 0.3) is 0 Å². The van der Waals surface area contributed by atoms with Crippen LogP contribution in [0, 0.1) is 0 Å². The number of hydrogen-bond donors (Lipinski definition) is 0. The first-order valence-corrected chi connectivity index (χ1v) is 8.20. The second-order valence-corrected chi connectivity index (χ2v) is 6.22. The van der Waals surface area contributed by atoms with E-state index in [1.165, 1.54) is 6.07 Å². The molecule has 0 radical (unpaired) electrons. The Morgan fingerprint density at radius 2 is 1.92 bits per heavy atom. The van der Waals surface area contributed by atoms with Crippen LogP contribution in [0.15, 0.2) is 53.0 Å². The molecule has 2 aromatic rings. The Kier molecular flexibility index (Phi) is 4.41. The number of esters is 1. The van der Waals surface area contributed by atoms with Crippen molar-refractivity contribution in [2.24, 2.45) is 0 Å². The summed E-state index contributed by atoms with van der Waals surface area (Å²) < 4.78 is 27.0. The predicted molar refractivity (Wildman–Crippen MR) is 88.8 cm³/mol. The van der Waals surface area contributed by atoms with Gasteiger partial charge in [0.05, 0.1) is 12.2 Å². The van der Waals surface area contributed by atoms with Crippen molar-refractivity contribution in [2.75, 3.05) is 6.61 Å². The number of ketones is 1. The number of para-hydroxylation sites is 1. The zero-order valence-electron chi connectivity index (χ0n) is 12.8. The molecule has 0 spiro atoms. The van der Waals surface area contributed by atoms with Crippen LogP contribution in [-0.2, 0) is 9.53 Å². The van der Waals surface area contributed by atoms with Gasteiger partial charge in [0.25, 0.3) is 0 Å². The van der Waals surface area contributed by atoms with E-state index in [2.05, 4.69) is 15.9 Å². The van der Waals surface area contributed by atoms with E-state index in [1.807, 2.05) is 0 Å². The van der Waals surface area contributed by atoms with E-state index in [0.29, 0.717) is 5.56 Å². The fourth-order valence-electron chi connectivity index (χ4n) is 2.65. The molecule has 1 heterocycles. The molecule has 4 nitrogen and oxygen atoms in total. The number of fused-ring (bicyclic) bond motifs is 1. The Bertz CT molecular complexity index is 790. The first-order chi connectivity index (χ1) is 11.5. The summed E-state index contributed by atoms with van der Waals surface area (Å²) in [5, 5.41) is 0. The molecule has 0 amide bonds. The lowest BCUT2D eigenvalue weighted by Gasteiger charge is -2.35. The quantitative estimate of drug-likeness (QED) is 0.584. The molecule has 0 aliphatic carbocycles. The molecule has 0 saturated heterocycles. The first kappa shape index (κ1) is 16.6. The number of hydrogen-bond acceptors (Lipinski definition) is 4. The Morgan fingerprint density at radius 1 is 1.25 bits per heavy atom. The summed E-state index contributed by atoms with van der Waals surface area (Å²) >= 11 is 3.30. The molecule has 1 aliphatic rings. The Balaban J connectivity index is 2.15. The van der Waals surface area contributed by atoms with E-state index >= 15 is 4.39 Å². The molecule has 124 valence electrons. The van der Waals surface area contributed by atoms with Gasteiger partial charge in [-0.25, -0.2) is 9.18 Å². The minimum absolute atomic E-state index is 0.0291. The third-order valence-corrected chi connectivity index (χ3v) is 4.34. The summed E-state index contributed by atoms with van der Waals surface area (Å²) in [5.41, 5.74) is -2.53. The van der Waals surface area contributed by atoms with E-state index in [0.717, 1.165) is 4.47 Å². The smallest absolute Gasteiger partial charge is 0.356 e. The zero-order valence-corrected chi connectivity index (χ0v) is 14.4. The van der Waals surface area contributed by atoms with Gasteiger partial charge in [-0.15, -0.1) is 0 Å². The number of carbonyl (C=O) groups is 2. The number of ether oxygens (including phenoxy) is 2. The van der Waals surface area contributed by atoms with Gasteiger partial charge in [-0.2, -0.15) is 0 Å². The van der Waals surface area contributed by atoms with Gasteiger partial charge < -0.3 is 9.47 Å². The number of halogens is 2. The van der Waals surface area contributed by atoms with Crippen LogP contribution in [0.3, 0.4) is 0 Å². The van der Waals surface area contributed by atoms with Crippen molar-refractivity contribution in [1.82, 2.24) is 0 Å². The minimum Gasteiger partial charge on any atom is -0.480 e. The van der Waals surface area contributed by atoms with Gasteiger partial charge in [0.2, 0.25) is 5.78 Å². The second-order valence-electron chi connectivity index (χ2n) is 5.31. The van der Waals surface area contributed by atoms with Crippen LogP contribution < -0.4 is 4.74 Å². The molecule has 2 atom stereocenters. The molecular weight excluding hydrogens is 379 g/mol. The van der Waals surface area contributed by atoms with Gasteiger partial charge in [-0.05, 0) is 36.8 Å². The van der Waals surface area contributed by atoms with Crippen LogP contribution in [0.5, 0.6) is 5.75 Å². The Morgan fingerprint density at radius 3 is 2.58 bits per heavy atom. The number of Topliss-reactive ketones (excluding diaryl/α,β-unsaturated/α-hetero) is 1. The molecule has 2 aromatic carbocycles. The average Bonchev–Trinajstić information content (AvgIpc) is 2.59. The van der Waals surface area contributed by atoms with E-state index in [1.54, 1.807) is 49.4 Å². The van der Waals surface area contributed by atoms with Crippen LogP contribution in [0.2, 0.25) is 0 Å². The highest BCUT2D eigenvalue weighted by Crippen LogP contribution is 2.44. The number of carbonyl (C=O) groups excluding carboxylic acids is 2. The van der Waals surface area contributed by atoms with Crippen molar-refractivity contribution in [3.63, 3.8) is 0 Å². The van der Waals surface area contributed by atoms with E-state index in [-0.39, 0.29) is 17.9 Å². The maximum absolute atomic E-state index is 15.7. The third-order valence-electron chi connectivity index (χ3n) is 3.81. The van der Waals surface area contributed by atoms with Crippen LogP contribution in [0.1, 0.15) is 28.9 Å². The highest BCUT2D eigenvalue weighted by molar-refractivity contribution is 9.10. The van der Waals surface area contributed by atoms with Gasteiger partial charge >= 0.3 is 11.6 Å². The van der Waals surface area contributed by atoms with Gasteiger partial charge in [0.1, 0.15) is 5.75 Å². The molecule has 0 N–H and O–H groups in total. The fraction of sp³-hybridized carbons (Fsp3) is 0.222. The molecule has 0 saturated carbocycles. The Hall–Kier alpha value is -2.21. The van der Waals surface area contributed by atoms with Crippen molar-refractivity contribution >= 4 is 27.7 Å². The Labute approximate surface area is 146 Å². The predicted octanol–water partition coefficient (Wildman–Crippen LogP) is 4.04. The number of rotatable bonds is 3. The van der Waals surface area contributed by atoms with Crippen molar-refractivity contribution in [2.45, 2.75) is 18.7 Å². The molecule has 3 rings (SSSR count).